The average Bonchev–Trinajstić information content (AvgIpc) is 3.21. The van der Waals surface area contributed by atoms with E-state index in [0.717, 1.165) is 13.0 Å². The largest absolute Gasteiger partial charge is 0.466 e. The predicted octanol–water partition coefficient (Wildman–Crippen LogP) is 2.86. The number of rotatable bonds is 12. The van der Waals surface area contributed by atoms with Crippen molar-refractivity contribution in [2.24, 2.45) is 5.92 Å². The van der Waals surface area contributed by atoms with Crippen molar-refractivity contribution in [1.29, 1.82) is 0 Å². The first-order valence-corrected chi connectivity index (χ1v) is 8.38. The normalized spacial score (nSPS) is 19.3. The zero-order valence-electron chi connectivity index (χ0n) is 15.0. The second-order valence-corrected chi connectivity index (χ2v) is 7.42. The summed E-state index contributed by atoms with van der Waals surface area (Å²) in [6.45, 7) is 12.7. The van der Waals surface area contributed by atoms with E-state index in [4.69, 9.17) is 14.2 Å². The maximum absolute atomic E-state index is 11.5. The van der Waals surface area contributed by atoms with E-state index in [1.165, 1.54) is 0 Å². The summed E-state index contributed by atoms with van der Waals surface area (Å²) in [7, 11) is 0. The fourth-order valence-electron chi connectivity index (χ4n) is 2.37. The number of hydrogen-bond donors (Lipinski definition) is 1. The molecule has 0 bridgehead atoms. The molecule has 1 heterocycles. The highest BCUT2D eigenvalue weighted by molar-refractivity contribution is 5.69. The third-order valence-corrected chi connectivity index (χ3v) is 4.08. The fourth-order valence-corrected chi connectivity index (χ4v) is 2.37. The molecule has 1 N–H and O–H groups in total. The molecule has 0 aromatic carbocycles. The Morgan fingerprint density at radius 1 is 1.43 bits per heavy atom. The van der Waals surface area contributed by atoms with Gasteiger partial charge in [-0.2, -0.15) is 0 Å². The summed E-state index contributed by atoms with van der Waals surface area (Å²) < 4.78 is 16.4. The van der Waals surface area contributed by atoms with Crippen LogP contribution in [0, 0.1) is 5.92 Å². The van der Waals surface area contributed by atoms with Crippen LogP contribution in [0.3, 0.4) is 0 Å². The lowest BCUT2D eigenvalue weighted by molar-refractivity contribution is -0.145. The molecule has 0 saturated carbocycles. The number of esters is 1. The first kappa shape index (κ1) is 20.1. The summed E-state index contributed by atoms with van der Waals surface area (Å²) in [5, 5.41) is 10.3. The minimum Gasteiger partial charge on any atom is -0.466 e. The van der Waals surface area contributed by atoms with Crippen LogP contribution in [0.2, 0.25) is 0 Å². The Bertz CT molecular complexity index is 379. The van der Waals surface area contributed by atoms with Crippen molar-refractivity contribution in [2.45, 2.75) is 70.7 Å². The average molecular weight is 328 g/mol. The molecule has 0 spiro atoms. The van der Waals surface area contributed by atoms with Gasteiger partial charge in [0.25, 0.3) is 0 Å². The SMILES string of the molecule is C=CCCC(=O)OCCC(COC(C)(C)CC1CO1)C(C)(C)O. The second-order valence-electron chi connectivity index (χ2n) is 7.42. The van der Waals surface area contributed by atoms with Gasteiger partial charge in [-0.1, -0.05) is 6.08 Å². The number of aliphatic hydroxyl groups is 1. The molecule has 1 rings (SSSR count). The standard InChI is InChI=1S/C18H32O5/c1-6-7-8-16(19)21-10-9-14(18(4,5)20)12-23-17(2,3)11-15-13-22-15/h6,14-15,20H,1,7-13H2,2-5H3. The van der Waals surface area contributed by atoms with Crippen molar-refractivity contribution >= 4 is 5.97 Å². The lowest BCUT2D eigenvalue weighted by Crippen LogP contribution is -2.38. The van der Waals surface area contributed by atoms with Gasteiger partial charge in [0.05, 0.1) is 37.1 Å². The molecule has 2 atom stereocenters. The number of carbonyl (C=O) groups excluding carboxylic acids is 1. The summed E-state index contributed by atoms with van der Waals surface area (Å²) in [4.78, 5) is 11.5. The Balaban J connectivity index is 2.37. The van der Waals surface area contributed by atoms with Gasteiger partial charge in [0, 0.05) is 18.8 Å². The van der Waals surface area contributed by atoms with Gasteiger partial charge in [-0.15, -0.1) is 6.58 Å². The highest BCUT2D eigenvalue weighted by Gasteiger charge is 2.34. The predicted molar refractivity (Wildman–Crippen MR) is 89.2 cm³/mol. The molecule has 1 fully saturated rings. The monoisotopic (exact) mass is 328 g/mol. The van der Waals surface area contributed by atoms with E-state index in [9.17, 15) is 9.90 Å². The van der Waals surface area contributed by atoms with Crippen LogP contribution in [0.15, 0.2) is 12.7 Å². The highest BCUT2D eigenvalue weighted by atomic mass is 16.6. The molecule has 1 aliphatic heterocycles. The number of epoxide rings is 1. The van der Waals surface area contributed by atoms with Crippen LogP contribution < -0.4 is 0 Å². The summed E-state index contributed by atoms with van der Waals surface area (Å²) in [5.41, 5.74) is -1.18. The molecule has 0 aromatic rings. The molecular weight excluding hydrogens is 296 g/mol. The Morgan fingerprint density at radius 3 is 2.61 bits per heavy atom. The van der Waals surface area contributed by atoms with Crippen molar-refractivity contribution < 1.29 is 24.1 Å². The number of ether oxygens (including phenoxy) is 3. The zero-order valence-corrected chi connectivity index (χ0v) is 15.0. The molecule has 0 aromatic heterocycles. The molecule has 23 heavy (non-hydrogen) atoms. The summed E-state index contributed by atoms with van der Waals surface area (Å²) >= 11 is 0. The quantitative estimate of drug-likeness (QED) is 0.339. The first-order chi connectivity index (χ1) is 10.6. The molecule has 0 aliphatic carbocycles. The zero-order chi connectivity index (χ0) is 17.5. The Kier molecular flexibility index (Phi) is 7.71. The third kappa shape index (κ3) is 9.08. The second kappa shape index (κ2) is 8.81. The van der Waals surface area contributed by atoms with E-state index >= 15 is 0 Å². The molecule has 134 valence electrons. The van der Waals surface area contributed by atoms with Crippen LogP contribution in [0.5, 0.6) is 0 Å². The number of carbonyl (C=O) groups is 1. The minimum absolute atomic E-state index is 0.103. The van der Waals surface area contributed by atoms with E-state index in [2.05, 4.69) is 6.58 Å². The molecular formula is C18H32O5. The molecule has 5 heteroatoms. The van der Waals surface area contributed by atoms with E-state index in [1.807, 2.05) is 13.8 Å². The molecule has 0 radical (unpaired) electrons. The third-order valence-electron chi connectivity index (χ3n) is 4.08. The van der Waals surface area contributed by atoms with Crippen LogP contribution in [0.1, 0.15) is 53.4 Å². The maximum Gasteiger partial charge on any atom is 0.306 e. The first-order valence-electron chi connectivity index (χ1n) is 8.38. The van der Waals surface area contributed by atoms with Gasteiger partial charge in [0.15, 0.2) is 0 Å². The van der Waals surface area contributed by atoms with Gasteiger partial charge in [-0.3, -0.25) is 4.79 Å². The smallest absolute Gasteiger partial charge is 0.306 e. The maximum atomic E-state index is 11.5. The van der Waals surface area contributed by atoms with E-state index in [1.54, 1.807) is 19.9 Å². The van der Waals surface area contributed by atoms with Gasteiger partial charge in [-0.25, -0.2) is 0 Å². The van der Waals surface area contributed by atoms with Gasteiger partial charge in [0.1, 0.15) is 0 Å². The summed E-state index contributed by atoms with van der Waals surface area (Å²) in [6.07, 6.45) is 4.38. The molecule has 1 saturated heterocycles. The van der Waals surface area contributed by atoms with E-state index < -0.39 is 5.60 Å². The van der Waals surface area contributed by atoms with Gasteiger partial charge in [0.2, 0.25) is 0 Å². The highest BCUT2D eigenvalue weighted by Crippen LogP contribution is 2.28. The Morgan fingerprint density at radius 2 is 2.09 bits per heavy atom. The van der Waals surface area contributed by atoms with Crippen LogP contribution >= 0.6 is 0 Å². The van der Waals surface area contributed by atoms with Crippen LogP contribution in [0.25, 0.3) is 0 Å². The Hall–Kier alpha value is -0.910. The van der Waals surface area contributed by atoms with Gasteiger partial charge < -0.3 is 19.3 Å². The minimum atomic E-state index is -0.889. The van der Waals surface area contributed by atoms with Crippen LogP contribution in [-0.2, 0) is 19.0 Å². The van der Waals surface area contributed by atoms with Crippen LogP contribution in [-0.4, -0.2) is 48.2 Å². The van der Waals surface area contributed by atoms with Crippen molar-refractivity contribution in [3.63, 3.8) is 0 Å². The van der Waals surface area contributed by atoms with Crippen molar-refractivity contribution in [1.82, 2.24) is 0 Å². The van der Waals surface area contributed by atoms with Crippen molar-refractivity contribution in [3.8, 4) is 0 Å². The number of allylic oxidation sites excluding steroid dienone is 1. The topological polar surface area (TPSA) is 68.3 Å². The summed E-state index contributed by atoms with van der Waals surface area (Å²) in [6, 6.07) is 0. The molecule has 0 amide bonds. The van der Waals surface area contributed by atoms with Gasteiger partial charge >= 0.3 is 5.97 Å². The van der Waals surface area contributed by atoms with E-state index in [-0.39, 0.29) is 17.5 Å². The Labute approximate surface area is 140 Å². The fraction of sp³-hybridized carbons (Fsp3) is 0.833. The van der Waals surface area contributed by atoms with Crippen molar-refractivity contribution in [2.75, 3.05) is 19.8 Å². The molecule has 2 unspecified atom stereocenters. The lowest BCUT2D eigenvalue weighted by atomic mass is 9.89. The van der Waals surface area contributed by atoms with Gasteiger partial charge in [-0.05, 0) is 40.5 Å². The summed E-state index contributed by atoms with van der Waals surface area (Å²) in [5.74, 6) is -0.333. The lowest BCUT2D eigenvalue weighted by Gasteiger charge is -2.33. The molecule has 5 nitrogen and oxygen atoms in total. The van der Waals surface area contributed by atoms with E-state index in [0.29, 0.717) is 38.6 Å². The van der Waals surface area contributed by atoms with Crippen LogP contribution in [0.4, 0.5) is 0 Å². The molecule has 1 aliphatic rings. The van der Waals surface area contributed by atoms with Crippen molar-refractivity contribution in [3.05, 3.63) is 12.7 Å². The number of hydrogen-bond acceptors (Lipinski definition) is 5.